The lowest BCUT2D eigenvalue weighted by Gasteiger charge is -1.87. The van der Waals surface area contributed by atoms with Crippen LogP contribution in [0.2, 0.25) is 0 Å². The zero-order chi connectivity index (χ0) is 9.68. The van der Waals surface area contributed by atoms with Crippen molar-refractivity contribution < 1.29 is 9.09 Å². The first kappa shape index (κ1) is 9.85. The minimum atomic E-state index is -1.80. The third kappa shape index (κ3) is 2.62. The van der Waals surface area contributed by atoms with Crippen molar-refractivity contribution in [1.29, 1.82) is 5.26 Å². The standard InChI is InChI=1S/C9H9NO2P/c1-2-12-13(11)9-5-3-4-8(6-9)7-10/h3-6H,2H2,1H3/q+1. The summed E-state index contributed by atoms with van der Waals surface area (Å²) in [6, 6.07) is 8.61. The molecule has 0 aromatic heterocycles. The Morgan fingerprint density at radius 1 is 1.62 bits per heavy atom. The van der Waals surface area contributed by atoms with Crippen LogP contribution in [-0.4, -0.2) is 6.61 Å². The number of rotatable bonds is 3. The topological polar surface area (TPSA) is 50.1 Å². The predicted molar refractivity (Wildman–Crippen MR) is 50.0 cm³/mol. The fraction of sp³-hybridized carbons (Fsp3) is 0.222. The summed E-state index contributed by atoms with van der Waals surface area (Å²) in [6.45, 7) is 2.19. The molecular formula is C9H9NO2P+. The van der Waals surface area contributed by atoms with Crippen LogP contribution < -0.4 is 5.30 Å². The van der Waals surface area contributed by atoms with E-state index < -0.39 is 8.03 Å². The van der Waals surface area contributed by atoms with Crippen molar-refractivity contribution in [2.24, 2.45) is 0 Å². The Morgan fingerprint density at radius 3 is 3.00 bits per heavy atom. The van der Waals surface area contributed by atoms with Gasteiger partial charge in [0.2, 0.25) is 5.30 Å². The summed E-state index contributed by atoms with van der Waals surface area (Å²) in [5, 5.41) is 9.15. The third-order valence-corrected chi connectivity index (χ3v) is 2.62. The molecule has 0 saturated heterocycles. The molecule has 1 unspecified atom stereocenters. The van der Waals surface area contributed by atoms with Crippen molar-refractivity contribution in [2.45, 2.75) is 6.92 Å². The molecule has 0 aliphatic carbocycles. The monoisotopic (exact) mass is 194 g/mol. The molecule has 1 aromatic rings. The van der Waals surface area contributed by atoms with Gasteiger partial charge in [0.1, 0.15) is 6.61 Å². The maximum Gasteiger partial charge on any atom is 0.548 e. The van der Waals surface area contributed by atoms with E-state index in [1.54, 1.807) is 31.2 Å². The van der Waals surface area contributed by atoms with Crippen molar-refractivity contribution in [3.63, 3.8) is 0 Å². The second-order valence-electron chi connectivity index (χ2n) is 2.34. The highest BCUT2D eigenvalue weighted by Crippen LogP contribution is 2.20. The Labute approximate surface area is 77.8 Å². The fourth-order valence-corrected chi connectivity index (χ4v) is 1.72. The Bertz CT molecular complexity index is 357. The van der Waals surface area contributed by atoms with Crippen molar-refractivity contribution in [3.8, 4) is 6.07 Å². The minimum absolute atomic E-state index is 0.409. The van der Waals surface area contributed by atoms with E-state index in [-0.39, 0.29) is 0 Å². The summed E-state index contributed by atoms with van der Waals surface area (Å²) in [5.41, 5.74) is 0.501. The van der Waals surface area contributed by atoms with Crippen molar-refractivity contribution >= 4 is 13.3 Å². The third-order valence-electron chi connectivity index (χ3n) is 1.43. The number of benzene rings is 1. The van der Waals surface area contributed by atoms with Gasteiger partial charge in [-0.3, -0.25) is 0 Å². The van der Waals surface area contributed by atoms with Gasteiger partial charge in [-0.2, -0.15) is 5.26 Å². The largest absolute Gasteiger partial charge is 0.548 e. The molecule has 1 rings (SSSR count). The van der Waals surface area contributed by atoms with Crippen LogP contribution in [0.3, 0.4) is 0 Å². The number of nitriles is 1. The summed E-state index contributed by atoms with van der Waals surface area (Å²) in [6.07, 6.45) is 0. The van der Waals surface area contributed by atoms with Crippen molar-refractivity contribution in [3.05, 3.63) is 29.8 Å². The van der Waals surface area contributed by atoms with Crippen LogP contribution >= 0.6 is 8.03 Å². The summed E-state index contributed by atoms with van der Waals surface area (Å²) in [5.74, 6) is 0. The van der Waals surface area contributed by atoms with E-state index in [2.05, 4.69) is 0 Å². The maximum absolute atomic E-state index is 11.3. The Kier molecular flexibility index (Phi) is 3.57. The average Bonchev–Trinajstić information content (AvgIpc) is 2.18. The molecule has 0 fully saturated rings. The van der Waals surface area contributed by atoms with E-state index in [0.29, 0.717) is 17.5 Å². The van der Waals surface area contributed by atoms with Gasteiger partial charge in [0.25, 0.3) is 0 Å². The molecule has 1 aromatic carbocycles. The van der Waals surface area contributed by atoms with E-state index in [9.17, 15) is 4.57 Å². The highest BCUT2D eigenvalue weighted by molar-refractivity contribution is 7.48. The quantitative estimate of drug-likeness (QED) is 0.691. The van der Waals surface area contributed by atoms with Gasteiger partial charge in [0, 0.05) is 6.07 Å². The fourth-order valence-electron chi connectivity index (χ4n) is 0.881. The average molecular weight is 194 g/mol. The van der Waals surface area contributed by atoms with Crippen LogP contribution in [0.25, 0.3) is 0 Å². The SMILES string of the molecule is CCO[P+](=O)c1cccc(C#N)c1. The van der Waals surface area contributed by atoms with Crippen LogP contribution in [-0.2, 0) is 9.09 Å². The van der Waals surface area contributed by atoms with Gasteiger partial charge >= 0.3 is 8.03 Å². The molecule has 0 saturated carbocycles. The zero-order valence-corrected chi connectivity index (χ0v) is 8.12. The summed E-state index contributed by atoms with van der Waals surface area (Å²) in [4.78, 5) is 0. The molecular weight excluding hydrogens is 185 g/mol. The van der Waals surface area contributed by atoms with Crippen LogP contribution in [0.4, 0.5) is 0 Å². The van der Waals surface area contributed by atoms with E-state index in [4.69, 9.17) is 9.79 Å². The lowest BCUT2D eigenvalue weighted by Crippen LogP contribution is -1.98. The molecule has 0 aliphatic heterocycles. The smallest absolute Gasteiger partial charge is 0.192 e. The molecule has 0 amide bonds. The van der Waals surface area contributed by atoms with E-state index in [1.807, 2.05) is 6.07 Å². The zero-order valence-electron chi connectivity index (χ0n) is 7.23. The first-order chi connectivity index (χ1) is 6.27. The second kappa shape index (κ2) is 4.71. The molecule has 13 heavy (non-hydrogen) atoms. The number of hydrogen-bond acceptors (Lipinski definition) is 3. The van der Waals surface area contributed by atoms with E-state index >= 15 is 0 Å². The molecule has 3 nitrogen and oxygen atoms in total. The Morgan fingerprint density at radius 2 is 2.38 bits per heavy atom. The molecule has 1 atom stereocenters. The van der Waals surface area contributed by atoms with Gasteiger partial charge < -0.3 is 0 Å². The summed E-state index contributed by atoms with van der Waals surface area (Å²) in [7, 11) is -1.80. The van der Waals surface area contributed by atoms with Crippen LogP contribution in [0.5, 0.6) is 0 Å². The molecule has 66 valence electrons. The van der Waals surface area contributed by atoms with Gasteiger partial charge in [0.05, 0.1) is 11.6 Å². The highest BCUT2D eigenvalue weighted by Gasteiger charge is 2.20. The van der Waals surface area contributed by atoms with Crippen molar-refractivity contribution in [2.75, 3.05) is 6.61 Å². The van der Waals surface area contributed by atoms with E-state index in [0.717, 1.165) is 0 Å². The van der Waals surface area contributed by atoms with E-state index in [1.165, 1.54) is 0 Å². The Balaban J connectivity index is 2.90. The van der Waals surface area contributed by atoms with Crippen LogP contribution in [0, 0.1) is 11.3 Å². The van der Waals surface area contributed by atoms with Gasteiger partial charge in [-0.25, -0.2) is 0 Å². The van der Waals surface area contributed by atoms with Crippen LogP contribution in [0.15, 0.2) is 24.3 Å². The van der Waals surface area contributed by atoms with Gasteiger partial charge in [-0.15, -0.1) is 4.52 Å². The number of hydrogen-bond donors (Lipinski definition) is 0. The van der Waals surface area contributed by atoms with Gasteiger partial charge in [0.15, 0.2) is 0 Å². The predicted octanol–water partition coefficient (Wildman–Crippen LogP) is 1.96. The highest BCUT2D eigenvalue weighted by atomic mass is 31.1. The number of nitrogens with zero attached hydrogens (tertiary/aromatic N) is 1. The minimum Gasteiger partial charge on any atom is -0.192 e. The lowest BCUT2D eigenvalue weighted by atomic mass is 10.2. The Hall–Kier alpha value is -1.23. The first-order valence-corrected chi connectivity index (χ1v) is 5.06. The van der Waals surface area contributed by atoms with Gasteiger partial charge in [-0.05, 0) is 23.6 Å². The molecule has 0 aliphatic rings. The lowest BCUT2D eigenvalue weighted by molar-refractivity contribution is 0.357. The second-order valence-corrected chi connectivity index (χ2v) is 3.63. The molecule has 0 N–H and O–H groups in total. The molecule has 0 radical (unpaired) electrons. The maximum atomic E-state index is 11.3. The molecule has 4 heteroatoms. The summed E-state index contributed by atoms with van der Waals surface area (Å²) < 4.78 is 16.3. The summed E-state index contributed by atoms with van der Waals surface area (Å²) >= 11 is 0. The van der Waals surface area contributed by atoms with Crippen molar-refractivity contribution in [1.82, 2.24) is 0 Å². The normalized spacial score (nSPS) is 10.6. The molecule has 0 bridgehead atoms. The molecule has 0 heterocycles. The van der Waals surface area contributed by atoms with Gasteiger partial charge in [-0.1, -0.05) is 6.07 Å². The molecule has 0 spiro atoms. The van der Waals surface area contributed by atoms with Crippen LogP contribution in [0.1, 0.15) is 12.5 Å². The first-order valence-electron chi connectivity index (χ1n) is 3.88.